The van der Waals surface area contributed by atoms with E-state index in [1.807, 2.05) is 19.2 Å². The van der Waals surface area contributed by atoms with Gasteiger partial charge in [-0.2, -0.15) is 0 Å². The van der Waals surface area contributed by atoms with Gasteiger partial charge < -0.3 is 9.72 Å². The maximum atomic E-state index is 13.8. The van der Waals surface area contributed by atoms with Crippen LogP contribution < -0.4 is 4.74 Å². The molecule has 6 heteroatoms. The van der Waals surface area contributed by atoms with Crippen molar-refractivity contribution in [1.82, 2.24) is 9.97 Å². The number of halogens is 3. The van der Waals surface area contributed by atoms with Gasteiger partial charge in [0.15, 0.2) is 11.6 Å². The van der Waals surface area contributed by atoms with Crippen molar-refractivity contribution in [3.63, 3.8) is 0 Å². The van der Waals surface area contributed by atoms with Gasteiger partial charge in [0.1, 0.15) is 5.65 Å². The Morgan fingerprint density at radius 3 is 2.86 bits per heavy atom. The molecule has 0 aliphatic heterocycles. The second-order valence-electron chi connectivity index (χ2n) is 5.03. The van der Waals surface area contributed by atoms with Crippen LogP contribution in [0, 0.1) is 5.82 Å². The van der Waals surface area contributed by atoms with Gasteiger partial charge >= 0.3 is 0 Å². The first-order valence-electron chi connectivity index (χ1n) is 6.66. The van der Waals surface area contributed by atoms with E-state index in [0.29, 0.717) is 0 Å². The molecule has 0 fully saturated rings. The molecule has 0 amide bonds. The van der Waals surface area contributed by atoms with E-state index in [0.717, 1.165) is 26.6 Å². The van der Waals surface area contributed by atoms with Crippen molar-refractivity contribution in [1.29, 1.82) is 0 Å². The van der Waals surface area contributed by atoms with Crippen molar-refractivity contribution in [2.45, 2.75) is 12.8 Å². The van der Waals surface area contributed by atoms with E-state index in [1.54, 1.807) is 18.3 Å². The Hall–Kier alpha value is -1.59. The number of rotatable bonds is 3. The molecule has 0 saturated heterocycles. The molecule has 1 N–H and O–H groups in total. The number of benzene rings is 1. The van der Waals surface area contributed by atoms with Gasteiger partial charge in [0.2, 0.25) is 0 Å². The van der Waals surface area contributed by atoms with E-state index in [2.05, 4.69) is 25.9 Å². The Morgan fingerprint density at radius 1 is 1.36 bits per heavy atom. The summed E-state index contributed by atoms with van der Waals surface area (Å²) in [6.07, 6.45) is 3.66. The zero-order valence-electron chi connectivity index (χ0n) is 12.0. The number of ether oxygens (including phenoxy) is 1. The molecule has 1 unspecified atom stereocenters. The lowest BCUT2D eigenvalue weighted by Crippen LogP contribution is -1.98. The standard InChI is InChI=1S/C16H13BrClFN2O/c1-8(9-3-13(18)15(19)14(4-9)22-2)12-7-21-16-11(12)5-10(17)6-20-16/h3-8H,1-2H3,(H,20,21). The van der Waals surface area contributed by atoms with E-state index in [1.165, 1.54) is 7.11 Å². The number of hydrogen-bond acceptors (Lipinski definition) is 2. The van der Waals surface area contributed by atoms with Crippen LogP contribution in [0.25, 0.3) is 11.0 Å². The Kier molecular flexibility index (Phi) is 4.10. The average Bonchev–Trinajstić information content (AvgIpc) is 2.92. The molecule has 1 atom stereocenters. The maximum absolute atomic E-state index is 13.8. The lowest BCUT2D eigenvalue weighted by Gasteiger charge is -2.14. The number of nitrogens with zero attached hydrogens (tertiary/aromatic N) is 1. The second kappa shape index (κ2) is 5.89. The van der Waals surface area contributed by atoms with Crippen molar-refractivity contribution >= 4 is 38.6 Å². The van der Waals surface area contributed by atoms with Crippen LogP contribution in [0.2, 0.25) is 5.02 Å². The monoisotopic (exact) mass is 382 g/mol. The van der Waals surface area contributed by atoms with Crippen molar-refractivity contribution in [3.05, 3.63) is 57.0 Å². The van der Waals surface area contributed by atoms with E-state index in [9.17, 15) is 4.39 Å². The first kappa shape index (κ1) is 15.3. The van der Waals surface area contributed by atoms with Crippen molar-refractivity contribution in [2.24, 2.45) is 0 Å². The summed E-state index contributed by atoms with van der Waals surface area (Å²) in [5.41, 5.74) is 2.75. The molecule has 0 spiro atoms. The minimum absolute atomic E-state index is 0.0110. The third-order valence-electron chi connectivity index (χ3n) is 3.73. The summed E-state index contributed by atoms with van der Waals surface area (Å²) in [6, 6.07) is 5.32. The highest BCUT2D eigenvalue weighted by atomic mass is 79.9. The number of aromatic amines is 1. The van der Waals surface area contributed by atoms with Gasteiger partial charge in [0, 0.05) is 28.2 Å². The fraction of sp³-hybridized carbons (Fsp3) is 0.188. The highest BCUT2D eigenvalue weighted by molar-refractivity contribution is 9.10. The van der Waals surface area contributed by atoms with Gasteiger partial charge in [-0.05, 0) is 45.3 Å². The quantitative estimate of drug-likeness (QED) is 0.668. The number of nitrogens with one attached hydrogen (secondary N) is 1. The molecule has 2 aromatic heterocycles. The largest absolute Gasteiger partial charge is 0.494 e. The number of H-pyrrole nitrogens is 1. The Morgan fingerprint density at radius 2 is 2.14 bits per heavy atom. The number of pyridine rings is 1. The summed E-state index contributed by atoms with van der Waals surface area (Å²) in [7, 11) is 1.43. The number of hydrogen-bond donors (Lipinski definition) is 1. The molecule has 3 nitrogen and oxygen atoms in total. The molecule has 3 aromatic rings. The van der Waals surface area contributed by atoms with Gasteiger partial charge in [-0.3, -0.25) is 0 Å². The van der Waals surface area contributed by atoms with Gasteiger partial charge in [0.05, 0.1) is 12.1 Å². The number of methoxy groups -OCH3 is 1. The minimum atomic E-state index is -0.538. The van der Waals surface area contributed by atoms with E-state index in [-0.39, 0.29) is 16.7 Å². The summed E-state index contributed by atoms with van der Waals surface area (Å²) >= 11 is 9.40. The van der Waals surface area contributed by atoms with E-state index >= 15 is 0 Å². The molecule has 0 bridgehead atoms. The predicted octanol–water partition coefficient (Wildman–Crippen LogP) is 5.28. The van der Waals surface area contributed by atoms with Crippen LogP contribution in [0.5, 0.6) is 5.75 Å². The third-order valence-corrected chi connectivity index (χ3v) is 4.44. The highest BCUT2D eigenvalue weighted by Crippen LogP contribution is 2.35. The molecule has 0 radical (unpaired) electrons. The molecule has 0 aliphatic rings. The topological polar surface area (TPSA) is 37.9 Å². The van der Waals surface area contributed by atoms with Crippen LogP contribution in [0.3, 0.4) is 0 Å². The SMILES string of the molecule is COc1cc(C(C)c2c[nH]c3ncc(Br)cc23)cc(Cl)c1F. The van der Waals surface area contributed by atoms with Crippen LogP contribution >= 0.6 is 27.5 Å². The molecule has 1 aromatic carbocycles. The predicted molar refractivity (Wildman–Crippen MR) is 89.3 cm³/mol. The molecule has 0 aliphatic carbocycles. The summed E-state index contributed by atoms with van der Waals surface area (Å²) < 4.78 is 19.8. The Labute approximate surface area is 140 Å². The molecule has 22 heavy (non-hydrogen) atoms. The summed E-state index contributed by atoms with van der Waals surface area (Å²) in [6.45, 7) is 2.03. The van der Waals surface area contributed by atoms with Crippen molar-refractivity contribution in [3.8, 4) is 5.75 Å². The average molecular weight is 384 g/mol. The van der Waals surface area contributed by atoms with E-state index < -0.39 is 5.82 Å². The van der Waals surface area contributed by atoms with Crippen LogP contribution in [0.15, 0.2) is 35.1 Å². The zero-order chi connectivity index (χ0) is 15.9. The lowest BCUT2D eigenvalue weighted by molar-refractivity contribution is 0.386. The molecular weight excluding hydrogens is 371 g/mol. The van der Waals surface area contributed by atoms with Crippen LogP contribution in [-0.2, 0) is 0 Å². The van der Waals surface area contributed by atoms with Gasteiger partial charge in [-0.15, -0.1) is 0 Å². The zero-order valence-corrected chi connectivity index (χ0v) is 14.3. The van der Waals surface area contributed by atoms with Gasteiger partial charge in [-0.25, -0.2) is 9.37 Å². The van der Waals surface area contributed by atoms with Crippen LogP contribution in [0.1, 0.15) is 24.0 Å². The minimum Gasteiger partial charge on any atom is -0.494 e. The van der Waals surface area contributed by atoms with Crippen molar-refractivity contribution < 1.29 is 9.13 Å². The second-order valence-corrected chi connectivity index (χ2v) is 6.36. The normalized spacial score (nSPS) is 12.6. The fourth-order valence-corrected chi connectivity index (χ4v) is 3.07. The molecule has 3 rings (SSSR count). The Balaban J connectivity index is 2.11. The first-order valence-corrected chi connectivity index (χ1v) is 7.83. The highest BCUT2D eigenvalue weighted by Gasteiger charge is 2.18. The Bertz CT molecular complexity index is 850. The van der Waals surface area contributed by atoms with Crippen LogP contribution in [-0.4, -0.2) is 17.1 Å². The third kappa shape index (κ3) is 2.59. The molecule has 0 saturated carbocycles. The van der Waals surface area contributed by atoms with E-state index in [4.69, 9.17) is 16.3 Å². The summed E-state index contributed by atoms with van der Waals surface area (Å²) in [4.78, 5) is 7.48. The number of aromatic nitrogens is 2. The summed E-state index contributed by atoms with van der Waals surface area (Å²) in [5, 5.41) is 1.07. The van der Waals surface area contributed by atoms with Crippen LogP contribution in [0.4, 0.5) is 4.39 Å². The van der Waals surface area contributed by atoms with Crippen molar-refractivity contribution in [2.75, 3.05) is 7.11 Å². The summed E-state index contributed by atoms with van der Waals surface area (Å²) in [5.74, 6) is -0.381. The van der Waals surface area contributed by atoms with Gasteiger partial charge in [0.25, 0.3) is 0 Å². The molecule has 2 heterocycles. The number of fused-ring (bicyclic) bond motifs is 1. The fourth-order valence-electron chi connectivity index (χ4n) is 2.52. The first-order chi connectivity index (χ1) is 10.5. The lowest BCUT2D eigenvalue weighted by atomic mass is 9.93. The maximum Gasteiger partial charge on any atom is 0.183 e. The van der Waals surface area contributed by atoms with Gasteiger partial charge in [-0.1, -0.05) is 18.5 Å². The molecular formula is C16H13BrClFN2O. The smallest absolute Gasteiger partial charge is 0.183 e. The molecule has 114 valence electrons.